The van der Waals surface area contributed by atoms with Crippen LogP contribution in [0.25, 0.3) is 0 Å². The minimum absolute atomic E-state index is 0.0312. The highest BCUT2D eigenvalue weighted by Gasteiger charge is 2.15. The second kappa shape index (κ2) is 9.59. The summed E-state index contributed by atoms with van der Waals surface area (Å²) in [4.78, 5) is 11.9. The molecular formula is C21H25BrN2O4. The maximum atomic E-state index is 11.9. The number of ether oxygens (including phenoxy) is 2. The molecule has 0 unspecified atom stereocenters. The lowest BCUT2D eigenvalue weighted by molar-refractivity contribution is -0.123. The van der Waals surface area contributed by atoms with Crippen LogP contribution in [0.5, 0.6) is 17.2 Å². The van der Waals surface area contributed by atoms with Crippen molar-refractivity contribution in [3.05, 3.63) is 52.0 Å². The first-order chi connectivity index (χ1) is 13.2. The van der Waals surface area contributed by atoms with Crippen LogP contribution in [-0.4, -0.2) is 30.4 Å². The minimum atomic E-state index is -0.383. The number of benzene rings is 2. The molecule has 0 atom stereocenters. The van der Waals surface area contributed by atoms with E-state index in [1.165, 1.54) is 17.8 Å². The molecule has 28 heavy (non-hydrogen) atoms. The number of hydrogen-bond donors (Lipinski definition) is 2. The fourth-order valence-corrected chi connectivity index (χ4v) is 2.81. The van der Waals surface area contributed by atoms with Crippen molar-refractivity contribution in [2.24, 2.45) is 5.10 Å². The molecule has 150 valence electrons. The maximum Gasteiger partial charge on any atom is 0.277 e. The standard InChI is InChI=1S/C21H25BrN2O4/c1-5-27-19-10-14(6-8-17(19)25)12-23-24-20(26)13-28-18-9-7-15(11-16(18)22)21(2,3)4/h6-12,25H,5,13H2,1-4H3,(H,24,26)/b23-12-. The molecule has 0 saturated heterocycles. The normalized spacial score (nSPS) is 11.5. The van der Waals surface area contributed by atoms with E-state index in [2.05, 4.69) is 47.2 Å². The third-order valence-electron chi connectivity index (χ3n) is 3.84. The van der Waals surface area contributed by atoms with Gasteiger partial charge in [-0.25, -0.2) is 5.43 Å². The number of amides is 1. The molecule has 2 aromatic carbocycles. The van der Waals surface area contributed by atoms with Crippen LogP contribution in [-0.2, 0) is 10.2 Å². The number of aromatic hydroxyl groups is 1. The quantitative estimate of drug-likeness (QED) is 0.486. The average Bonchev–Trinajstić information content (AvgIpc) is 2.62. The Hall–Kier alpha value is -2.54. The highest BCUT2D eigenvalue weighted by Crippen LogP contribution is 2.31. The summed E-state index contributed by atoms with van der Waals surface area (Å²) in [6, 6.07) is 10.6. The lowest BCUT2D eigenvalue weighted by Gasteiger charge is -2.20. The van der Waals surface area contributed by atoms with Gasteiger partial charge in [0.1, 0.15) is 5.75 Å². The van der Waals surface area contributed by atoms with Crippen LogP contribution in [0, 0.1) is 0 Å². The third kappa shape index (κ3) is 6.27. The van der Waals surface area contributed by atoms with E-state index in [0.29, 0.717) is 23.7 Å². The van der Waals surface area contributed by atoms with Gasteiger partial charge >= 0.3 is 0 Å². The molecule has 0 saturated carbocycles. The van der Waals surface area contributed by atoms with Gasteiger partial charge in [-0.3, -0.25) is 4.79 Å². The lowest BCUT2D eigenvalue weighted by atomic mass is 9.87. The van der Waals surface area contributed by atoms with Crippen molar-refractivity contribution in [2.45, 2.75) is 33.1 Å². The Morgan fingerprint density at radius 1 is 1.18 bits per heavy atom. The maximum absolute atomic E-state index is 11.9. The van der Waals surface area contributed by atoms with Gasteiger partial charge in [0.05, 0.1) is 17.3 Å². The fourth-order valence-electron chi connectivity index (χ4n) is 2.32. The van der Waals surface area contributed by atoms with E-state index in [0.717, 1.165) is 4.47 Å². The smallest absolute Gasteiger partial charge is 0.277 e. The second-order valence-electron chi connectivity index (χ2n) is 7.14. The van der Waals surface area contributed by atoms with E-state index in [1.807, 2.05) is 25.1 Å². The summed E-state index contributed by atoms with van der Waals surface area (Å²) < 4.78 is 11.7. The number of nitrogens with one attached hydrogen (secondary N) is 1. The number of phenolic OH excluding ortho intramolecular Hbond substituents is 1. The SMILES string of the molecule is CCOc1cc(/C=N\NC(=O)COc2ccc(C(C)(C)C)cc2Br)ccc1O. The molecule has 2 aromatic rings. The third-order valence-corrected chi connectivity index (χ3v) is 4.46. The van der Waals surface area contributed by atoms with Crippen LogP contribution in [0.15, 0.2) is 46.0 Å². The first-order valence-electron chi connectivity index (χ1n) is 8.91. The van der Waals surface area contributed by atoms with Gasteiger partial charge < -0.3 is 14.6 Å². The van der Waals surface area contributed by atoms with Gasteiger partial charge in [0.15, 0.2) is 18.1 Å². The molecular weight excluding hydrogens is 424 g/mol. The molecule has 6 nitrogen and oxygen atoms in total. The van der Waals surface area contributed by atoms with Gasteiger partial charge in [0.2, 0.25) is 0 Å². The number of rotatable bonds is 7. The molecule has 0 aliphatic heterocycles. The summed E-state index contributed by atoms with van der Waals surface area (Å²) in [5, 5.41) is 13.6. The summed E-state index contributed by atoms with van der Waals surface area (Å²) in [7, 11) is 0. The summed E-state index contributed by atoms with van der Waals surface area (Å²) >= 11 is 3.48. The van der Waals surface area contributed by atoms with Gasteiger partial charge in [-0.1, -0.05) is 26.8 Å². The summed E-state index contributed by atoms with van der Waals surface area (Å²) in [6.07, 6.45) is 1.47. The van der Waals surface area contributed by atoms with Crippen LogP contribution in [0.3, 0.4) is 0 Å². The molecule has 0 bridgehead atoms. The molecule has 0 fully saturated rings. The molecule has 2 N–H and O–H groups in total. The average molecular weight is 449 g/mol. The van der Waals surface area contributed by atoms with Gasteiger partial charge in [-0.2, -0.15) is 5.10 Å². The van der Waals surface area contributed by atoms with Crippen molar-refractivity contribution in [2.75, 3.05) is 13.2 Å². The van der Waals surface area contributed by atoms with Crippen molar-refractivity contribution >= 4 is 28.1 Å². The highest BCUT2D eigenvalue weighted by atomic mass is 79.9. The molecule has 0 aliphatic rings. The van der Waals surface area contributed by atoms with Crippen molar-refractivity contribution in [1.29, 1.82) is 0 Å². The summed E-state index contributed by atoms with van der Waals surface area (Å²) in [5.74, 6) is 0.628. The number of phenols is 1. The largest absolute Gasteiger partial charge is 0.504 e. The van der Waals surface area contributed by atoms with Gasteiger partial charge in [0.25, 0.3) is 5.91 Å². The number of nitrogens with zero attached hydrogens (tertiary/aromatic N) is 1. The van der Waals surface area contributed by atoms with E-state index in [1.54, 1.807) is 12.1 Å². The first kappa shape index (κ1) is 21.8. The van der Waals surface area contributed by atoms with Crippen LogP contribution in [0.4, 0.5) is 0 Å². The molecule has 0 aromatic heterocycles. The van der Waals surface area contributed by atoms with E-state index < -0.39 is 0 Å². The molecule has 0 radical (unpaired) electrons. The van der Waals surface area contributed by atoms with Crippen molar-refractivity contribution in [1.82, 2.24) is 5.43 Å². The molecule has 0 spiro atoms. The molecule has 2 rings (SSSR count). The zero-order valence-electron chi connectivity index (χ0n) is 16.5. The Bertz CT molecular complexity index is 860. The zero-order valence-corrected chi connectivity index (χ0v) is 18.0. The minimum Gasteiger partial charge on any atom is -0.504 e. The van der Waals surface area contributed by atoms with Crippen LogP contribution in [0.1, 0.15) is 38.8 Å². The first-order valence-corrected chi connectivity index (χ1v) is 9.70. The van der Waals surface area contributed by atoms with Crippen LogP contribution < -0.4 is 14.9 Å². The van der Waals surface area contributed by atoms with E-state index >= 15 is 0 Å². The molecule has 0 aliphatic carbocycles. The number of halogens is 1. The predicted octanol–water partition coefficient (Wildman–Crippen LogP) is 4.38. The Labute approximate surface area is 173 Å². The molecule has 0 heterocycles. The van der Waals surface area contributed by atoms with Gasteiger partial charge in [-0.05, 0) is 69.7 Å². The predicted molar refractivity (Wildman–Crippen MR) is 113 cm³/mol. The van der Waals surface area contributed by atoms with Crippen molar-refractivity contribution in [3.63, 3.8) is 0 Å². The molecule has 1 amide bonds. The zero-order chi connectivity index (χ0) is 20.7. The second-order valence-corrected chi connectivity index (χ2v) is 7.99. The van der Waals surface area contributed by atoms with Gasteiger partial charge in [-0.15, -0.1) is 0 Å². The number of hydrazone groups is 1. The summed E-state index contributed by atoms with van der Waals surface area (Å²) in [5.41, 5.74) is 4.29. The Balaban J connectivity index is 1.89. The summed E-state index contributed by atoms with van der Waals surface area (Å²) in [6.45, 7) is 8.50. The molecule has 7 heteroatoms. The van der Waals surface area contributed by atoms with Crippen LogP contribution in [0.2, 0.25) is 0 Å². The fraction of sp³-hybridized carbons (Fsp3) is 0.333. The topological polar surface area (TPSA) is 80.2 Å². The van der Waals surface area contributed by atoms with E-state index in [4.69, 9.17) is 9.47 Å². The van der Waals surface area contributed by atoms with Crippen LogP contribution >= 0.6 is 15.9 Å². The van der Waals surface area contributed by atoms with Crippen molar-refractivity contribution in [3.8, 4) is 17.2 Å². The number of carbonyl (C=O) groups is 1. The van der Waals surface area contributed by atoms with E-state index in [-0.39, 0.29) is 23.7 Å². The Morgan fingerprint density at radius 3 is 2.57 bits per heavy atom. The van der Waals surface area contributed by atoms with Crippen molar-refractivity contribution < 1.29 is 19.4 Å². The monoisotopic (exact) mass is 448 g/mol. The van der Waals surface area contributed by atoms with Gasteiger partial charge in [0, 0.05) is 0 Å². The number of hydrogen-bond acceptors (Lipinski definition) is 5. The Kier molecular flexibility index (Phi) is 7.45. The lowest BCUT2D eigenvalue weighted by Crippen LogP contribution is -2.24. The number of carbonyl (C=O) groups excluding carboxylic acids is 1. The highest BCUT2D eigenvalue weighted by molar-refractivity contribution is 9.10. The van der Waals surface area contributed by atoms with E-state index in [9.17, 15) is 9.90 Å². The Morgan fingerprint density at radius 2 is 1.93 bits per heavy atom.